The third-order valence-electron chi connectivity index (χ3n) is 7.98. The molecular weight excluding hydrogens is 284 g/mol. The summed E-state index contributed by atoms with van der Waals surface area (Å²) in [6.07, 6.45) is 11.1. The lowest BCUT2D eigenvalue weighted by molar-refractivity contribution is -0.129. The molecule has 0 aromatic rings. The highest BCUT2D eigenvalue weighted by molar-refractivity contribution is 6.05. The molecule has 2 heteroatoms. The molecule has 3 fully saturated rings. The molecule has 4 aliphatic carbocycles. The van der Waals surface area contributed by atoms with Crippen LogP contribution in [0.1, 0.15) is 65.7 Å². The topological polar surface area (TPSA) is 34.1 Å². The number of ketones is 2. The van der Waals surface area contributed by atoms with E-state index in [4.69, 9.17) is 0 Å². The van der Waals surface area contributed by atoms with Crippen molar-refractivity contribution in [2.45, 2.75) is 65.7 Å². The number of fused-ring (bicyclic) bond motifs is 5. The van der Waals surface area contributed by atoms with Crippen LogP contribution in [-0.2, 0) is 9.59 Å². The largest absolute Gasteiger partial charge is 0.295 e. The summed E-state index contributed by atoms with van der Waals surface area (Å²) >= 11 is 0. The number of Topliss-reactive ketones (excluding diaryl/α,β-unsaturated/α-hetero) is 1. The minimum atomic E-state index is -0.0477. The maximum Gasteiger partial charge on any atom is 0.159 e. The van der Waals surface area contributed by atoms with Crippen molar-refractivity contribution < 1.29 is 9.59 Å². The van der Waals surface area contributed by atoms with Crippen molar-refractivity contribution >= 4 is 11.6 Å². The molecule has 0 heterocycles. The number of rotatable bonds is 0. The number of hydrogen-bond acceptors (Lipinski definition) is 2. The predicted octanol–water partition coefficient (Wildman–Crippen LogP) is 4.64. The normalized spacial score (nSPS) is 47.9. The Labute approximate surface area is 139 Å². The quantitative estimate of drug-likeness (QED) is 0.610. The number of carbonyl (C=O) groups is 2. The minimum absolute atomic E-state index is 0.0477. The van der Waals surface area contributed by atoms with Gasteiger partial charge in [0.1, 0.15) is 0 Å². The van der Waals surface area contributed by atoms with Crippen LogP contribution in [0.25, 0.3) is 0 Å². The SMILES string of the molecule is CC=C1CCC2C3CC(=O)C4=CC(=O)CC[C@]4(C)C3CC[C@]12C. The second kappa shape index (κ2) is 4.91. The molecule has 0 aromatic heterocycles. The molecule has 3 saturated carbocycles. The summed E-state index contributed by atoms with van der Waals surface area (Å²) < 4.78 is 0. The molecular formula is C21H28O2. The van der Waals surface area contributed by atoms with Crippen LogP contribution in [0.2, 0.25) is 0 Å². The van der Waals surface area contributed by atoms with Crippen LogP contribution >= 0.6 is 0 Å². The molecule has 0 aromatic carbocycles. The van der Waals surface area contributed by atoms with Gasteiger partial charge < -0.3 is 0 Å². The molecule has 0 bridgehead atoms. The predicted molar refractivity (Wildman–Crippen MR) is 90.9 cm³/mol. The van der Waals surface area contributed by atoms with E-state index < -0.39 is 0 Å². The smallest absolute Gasteiger partial charge is 0.159 e. The fourth-order valence-electron chi connectivity index (χ4n) is 6.71. The van der Waals surface area contributed by atoms with Crippen LogP contribution in [0.5, 0.6) is 0 Å². The van der Waals surface area contributed by atoms with E-state index in [1.165, 1.54) is 25.7 Å². The molecule has 5 atom stereocenters. The van der Waals surface area contributed by atoms with E-state index in [1.54, 1.807) is 11.6 Å². The van der Waals surface area contributed by atoms with E-state index >= 15 is 0 Å². The van der Waals surface area contributed by atoms with Gasteiger partial charge in [-0.05, 0) is 73.7 Å². The first-order chi connectivity index (χ1) is 10.9. The Bertz CT molecular complexity index is 640. The second-order valence-electron chi connectivity index (χ2n) is 8.75. The van der Waals surface area contributed by atoms with Gasteiger partial charge in [-0.15, -0.1) is 0 Å². The molecule has 0 saturated heterocycles. The lowest BCUT2D eigenvalue weighted by Gasteiger charge is -2.56. The lowest BCUT2D eigenvalue weighted by atomic mass is 9.47. The maximum absolute atomic E-state index is 12.8. The average Bonchev–Trinajstić information content (AvgIpc) is 2.86. The average molecular weight is 312 g/mol. The zero-order valence-electron chi connectivity index (χ0n) is 14.7. The Hall–Kier alpha value is -1.18. The van der Waals surface area contributed by atoms with E-state index in [0.717, 1.165) is 12.0 Å². The molecule has 0 aliphatic heterocycles. The zero-order valence-corrected chi connectivity index (χ0v) is 14.7. The summed E-state index contributed by atoms with van der Waals surface area (Å²) in [5.74, 6) is 2.19. The molecule has 0 radical (unpaired) electrons. The lowest BCUT2D eigenvalue weighted by Crippen LogP contribution is -2.52. The van der Waals surface area contributed by atoms with Crippen molar-refractivity contribution in [1.29, 1.82) is 0 Å². The summed E-state index contributed by atoms with van der Waals surface area (Å²) in [5.41, 5.74) is 2.76. The fourth-order valence-corrected chi connectivity index (χ4v) is 6.71. The maximum atomic E-state index is 12.8. The standard InChI is InChI=1S/C21H28O2/c1-4-13-5-6-16-15-12-19(23)18-11-14(22)7-9-21(18,3)17(15)8-10-20(13,16)2/h4,11,15-17H,5-10,12H2,1-3H3/t15?,16?,17?,20-,21-/m1/s1. The Morgan fingerprint density at radius 2 is 1.78 bits per heavy atom. The first-order valence-electron chi connectivity index (χ1n) is 9.34. The molecule has 23 heavy (non-hydrogen) atoms. The highest BCUT2D eigenvalue weighted by Gasteiger charge is 2.59. The first kappa shape index (κ1) is 15.4. The Morgan fingerprint density at radius 1 is 1.04 bits per heavy atom. The van der Waals surface area contributed by atoms with Crippen LogP contribution in [0, 0.1) is 28.6 Å². The van der Waals surface area contributed by atoms with E-state index in [9.17, 15) is 9.59 Å². The van der Waals surface area contributed by atoms with Gasteiger partial charge in [-0.2, -0.15) is 0 Å². The van der Waals surface area contributed by atoms with Gasteiger partial charge in [0.25, 0.3) is 0 Å². The summed E-state index contributed by atoms with van der Waals surface area (Å²) in [6.45, 7) is 6.89. The van der Waals surface area contributed by atoms with Crippen LogP contribution in [0.3, 0.4) is 0 Å². The zero-order chi connectivity index (χ0) is 16.4. The molecule has 4 aliphatic rings. The van der Waals surface area contributed by atoms with Gasteiger partial charge in [0, 0.05) is 18.4 Å². The highest BCUT2D eigenvalue weighted by Crippen LogP contribution is 2.65. The van der Waals surface area contributed by atoms with E-state index in [1.807, 2.05) is 0 Å². The fraction of sp³-hybridized carbons (Fsp3) is 0.714. The van der Waals surface area contributed by atoms with Crippen molar-refractivity contribution in [1.82, 2.24) is 0 Å². The van der Waals surface area contributed by atoms with Crippen LogP contribution in [-0.4, -0.2) is 11.6 Å². The Balaban J connectivity index is 1.75. The number of allylic oxidation sites excluding steroid dienone is 3. The third-order valence-corrected chi connectivity index (χ3v) is 7.98. The van der Waals surface area contributed by atoms with Gasteiger partial charge in [-0.1, -0.05) is 25.5 Å². The Kier molecular flexibility index (Phi) is 3.28. The second-order valence-corrected chi connectivity index (χ2v) is 8.75. The molecule has 0 amide bonds. The molecule has 3 unspecified atom stereocenters. The van der Waals surface area contributed by atoms with Crippen molar-refractivity contribution in [2.24, 2.45) is 28.6 Å². The third kappa shape index (κ3) is 1.93. The van der Waals surface area contributed by atoms with E-state index in [2.05, 4.69) is 26.8 Å². The molecule has 124 valence electrons. The number of carbonyl (C=O) groups excluding carboxylic acids is 2. The van der Waals surface area contributed by atoms with Crippen LogP contribution in [0.4, 0.5) is 0 Å². The van der Waals surface area contributed by atoms with E-state index in [-0.39, 0.29) is 17.0 Å². The van der Waals surface area contributed by atoms with E-state index in [0.29, 0.717) is 36.0 Å². The van der Waals surface area contributed by atoms with Crippen molar-refractivity contribution in [3.8, 4) is 0 Å². The number of hydrogen-bond donors (Lipinski definition) is 0. The molecule has 0 N–H and O–H groups in total. The summed E-state index contributed by atoms with van der Waals surface area (Å²) in [4.78, 5) is 24.7. The summed E-state index contributed by atoms with van der Waals surface area (Å²) in [5, 5.41) is 0. The molecule has 0 spiro atoms. The van der Waals surface area contributed by atoms with Gasteiger partial charge in [0.15, 0.2) is 11.6 Å². The highest BCUT2D eigenvalue weighted by atomic mass is 16.1. The van der Waals surface area contributed by atoms with Gasteiger partial charge >= 0.3 is 0 Å². The van der Waals surface area contributed by atoms with Gasteiger partial charge in [0.2, 0.25) is 0 Å². The van der Waals surface area contributed by atoms with Crippen LogP contribution in [0.15, 0.2) is 23.3 Å². The Morgan fingerprint density at radius 3 is 2.52 bits per heavy atom. The van der Waals surface area contributed by atoms with Crippen molar-refractivity contribution in [2.75, 3.05) is 0 Å². The van der Waals surface area contributed by atoms with Gasteiger partial charge in [-0.3, -0.25) is 9.59 Å². The van der Waals surface area contributed by atoms with Gasteiger partial charge in [0.05, 0.1) is 0 Å². The summed E-state index contributed by atoms with van der Waals surface area (Å²) in [6, 6.07) is 0. The van der Waals surface area contributed by atoms with Gasteiger partial charge in [-0.25, -0.2) is 0 Å². The first-order valence-corrected chi connectivity index (χ1v) is 9.34. The summed E-state index contributed by atoms with van der Waals surface area (Å²) in [7, 11) is 0. The van der Waals surface area contributed by atoms with Crippen molar-refractivity contribution in [3.63, 3.8) is 0 Å². The molecule has 4 rings (SSSR count). The van der Waals surface area contributed by atoms with Crippen molar-refractivity contribution in [3.05, 3.63) is 23.3 Å². The van der Waals surface area contributed by atoms with Crippen LogP contribution < -0.4 is 0 Å². The minimum Gasteiger partial charge on any atom is -0.295 e. The molecule has 2 nitrogen and oxygen atoms in total. The monoisotopic (exact) mass is 312 g/mol.